The highest BCUT2D eigenvalue weighted by atomic mass is 127. The molecule has 0 radical (unpaired) electrons. The summed E-state index contributed by atoms with van der Waals surface area (Å²) in [5, 5.41) is 0. The average Bonchev–Trinajstić information content (AvgIpc) is 2.85. The fourth-order valence-corrected chi connectivity index (χ4v) is 4.15. The van der Waals surface area contributed by atoms with Gasteiger partial charge in [0.25, 0.3) is 0 Å². The summed E-state index contributed by atoms with van der Waals surface area (Å²) in [5.74, 6) is 1.83. The third-order valence-corrected chi connectivity index (χ3v) is 5.69. The zero-order valence-corrected chi connectivity index (χ0v) is 15.0. The summed E-state index contributed by atoms with van der Waals surface area (Å²) in [4.78, 5) is 4.62. The molecule has 0 spiro atoms. The van der Waals surface area contributed by atoms with Crippen molar-refractivity contribution in [3.05, 3.63) is 27.3 Å². The molecule has 0 N–H and O–H groups in total. The summed E-state index contributed by atoms with van der Waals surface area (Å²) in [6, 6.07) is 3.84. The molecule has 1 aliphatic rings. The summed E-state index contributed by atoms with van der Waals surface area (Å²) in [7, 11) is 0. The molecule has 0 bridgehead atoms. The predicted octanol–water partition coefficient (Wildman–Crippen LogP) is 5.66. The highest BCUT2D eigenvalue weighted by Crippen LogP contribution is 2.37. The van der Waals surface area contributed by atoms with Gasteiger partial charge in [0.05, 0.1) is 20.5 Å². The Morgan fingerprint density at radius 1 is 1.43 bits per heavy atom. The second kappa shape index (κ2) is 6.41. The number of halogens is 3. The van der Waals surface area contributed by atoms with Crippen molar-refractivity contribution in [2.45, 2.75) is 50.9 Å². The second-order valence-electron chi connectivity index (χ2n) is 5.88. The van der Waals surface area contributed by atoms with Gasteiger partial charge in [-0.3, -0.25) is 0 Å². The van der Waals surface area contributed by atoms with Crippen molar-refractivity contribution in [1.29, 1.82) is 0 Å². The molecule has 1 fully saturated rings. The van der Waals surface area contributed by atoms with Gasteiger partial charge in [0, 0.05) is 12.1 Å². The van der Waals surface area contributed by atoms with Gasteiger partial charge in [0.15, 0.2) is 0 Å². The molecule has 5 heteroatoms. The van der Waals surface area contributed by atoms with E-state index in [1.54, 1.807) is 6.07 Å². The van der Waals surface area contributed by atoms with Gasteiger partial charge < -0.3 is 4.57 Å². The van der Waals surface area contributed by atoms with Crippen molar-refractivity contribution in [3.8, 4) is 0 Å². The fraction of sp³-hybridized carbons (Fsp3) is 0.562. The van der Waals surface area contributed by atoms with Crippen LogP contribution in [0.4, 0.5) is 4.39 Å². The lowest BCUT2D eigenvalue weighted by atomic mass is 9.84. The van der Waals surface area contributed by atoms with Crippen molar-refractivity contribution in [2.24, 2.45) is 5.92 Å². The first kappa shape index (κ1) is 15.5. The molecule has 1 aromatic carbocycles. The van der Waals surface area contributed by atoms with Crippen molar-refractivity contribution in [3.63, 3.8) is 0 Å². The van der Waals surface area contributed by atoms with Gasteiger partial charge in [-0.15, -0.1) is 11.6 Å². The molecule has 0 aliphatic heterocycles. The number of alkyl halides is 1. The van der Waals surface area contributed by atoms with E-state index in [-0.39, 0.29) is 5.82 Å². The lowest BCUT2D eigenvalue weighted by Crippen LogP contribution is -2.20. The summed E-state index contributed by atoms with van der Waals surface area (Å²) in [6.07, 6.45) is 6.05. The van der Waals surface area contributed by atoms with Crippen LogP contribution in [0.15, 0.2) is 12.1 Å². The third kappa shape index (κ3) is 2.93. The minimum Gasteiger partial charge on any atom is -0.324 e. The maximum absolute atomic E-state index is 14.0. The monoisotopic (exact) mass is 420 g/mol. The molecule has 2 aromatic rings. The van der Waals surface area contributed by atoms with E-state index in [0.717, 1.165) is 35.6 Å². The minimum absolute atomic E-state index is 0.173. The normalized spacial score (nSPS) is 22.9. The maximum Gasteiger partial charge on any atom is 0.138 e. The lowest BCUT2D eigenvalue weighted by Gasteiger charge is -2.30. The Labute approximate surface area is 143 Å². The number of aromatic nitrogens is 2. The topological polar surface area (TPSA) is 17.8 Å². The number of benzene rings is 1. The van der Waals surface area contributed by atoms with E-state index in [4.69, 9.17) is 11.6 Å². The van der Waals surface area contributed by atoms with Crippen LogP contribution in [-0.4, -0.2) is 9.55 Å². The van der Waals surface area contributed by atoms with Crippen LogP contribution in [-0.2, 0) is 5.88 Å². The van der Waals surface area contributed by atoms with E-state index in [0.29, 0.717) is 15.5 Å². The van der Waals surface area contributed by atoms with Crippen LogP contribution < -0.4 is 0 Å². The van der Waals surface area contributed by atoms with Crippen LogP contribution >= 0.6 is 34.2 Å². The quantitative estimate of drug-likeness (QED) is 0.463. The van der Waals surface area contributed by atoms with E-state index < -0.39 is 0 Å². The first-order chi connectivity index (χ1) is 10.1. The summed E-state index contributed by atoms with van der Waals surface area (Å²) < 4.78 is 16.8. The van der Waals surface area contributed by atoms with Crippen LogP contribution in [0.25, 0.3) is 11.0 Å². The standard InChI is InChI=1S/C16H19ClFIN2/c1-2-10-4-3-5-11(6-10)21-15-7-12(18)13(19)8-14(15)20-16(21)9-17/h7-8,10-11H,2-6,9H2,1H3. The number of hydrogen-bond acceptors (Lipinski definition) is 1. The van der Waals surface area contributed by atoms with Crippen LogP contribution in [0.2, 0.25) is 0 Å². The Morgan fingerprint density at radius 2 is 2.24 bits per heavy atom. The van der Waals surface area contributed by atoms with Gasteiger partial charge in [-0.1, -0.05) is 26.2 Å². The Bertz CT molecular complexity index is 655. The van der Waals surface area contributed by atoms with Crippen molar-refractivity contribution < 1.29 is 4.39 Å². The number of rotatable bonds is 3. The van der Waals surface area contributed by atoms with Crippen molar-refractivity contribution in [2.75, 3.05) is 0 Å². The molecule has 0 amide bonds. The van der Waals surface area contributed by atoms with Crippen LogP contribution in [0, 0.1) is 15.3 Å². The SMILES string of the molecule is CCC1CCCC(n2c(CCl)nc3cc(I)c(F)cc32)C1. The van der Waals surface area contributed by atoms with Crippen molar-refractivity contribution in [1.82, 2.24) is 9.55 Å². The lowest BCUT2D eigenvalue weighted by molar-refractivity contribution is 0.262. The van der Waals surface area contributed by atoms with Gasteiger partial charge in [-0.2, -0.15) is 0 Å². The Kier molecular flexibility index (Phi) is 4.74. The number of imidazole rings is 1. The van der Waals surface area contributed by atoms with Crippen molar-refractivity contribution >= 4 is 45.2 Å². The average molecular weight is 421 g/mol. The van der Waals surface area contributed by atoms with Crippen LogP contribution in [0.5, 0.6) is 0 Å². The minimum atomic E-state index is -0.173. The second-order valence-corrected chi connectivity index (χ2v) is 7.31. The molecule has 1 saturated carbocycles. The molecule has 1 heterocycles. The molecule has 114 valence electrons. The molecule has 2 unspecified atom stereocenters. The van der Waals surface area contributed by atoms with Gasteiger partial charge >= 0.3 is 0 Å². The van der Waals surface area contributed by atoms with E-state index >= 15 is 0 Å². The van der Waals surface area contributed by atoms with E-state index in [2.05, 4.69) is 16.5 Å². The molecule has 1 aromatic heterocycles. The highest BCUT2D eigenvalue weighted by Gasteiger charge is 2.26. The molecule has 1 aliphatic carbocycles. The van der Waals surface area contributed by atoms with E-state index in [1.807, 2.05) is 28.7 Å². The smallest absolute Gasteiger partial charge is 0.138 e. The molecule has 2 atom stereocenters. The van der Waals surface area contributed by atoms with Gasteiger partial charge in [-0.25, -0.2) is 9.37 Å². The third-order valence-electron chi connectivity index (χ3n) is 4.62. The Balaban J connectivity index is 2.09. The summed E-state index contributed by atoms with van der Waals surface area (Å²) in [5.41, 5.74) is 1.75. The summed E-state index contributed by atoms with van der Waals surface area (Å²) in [6.45, 7) is 2.25. The molecular formula is C16H19ClFIN2. The number of hydrogen-bond donors (Lipinski definition) is 0. The highest BCUT2D eigenvalue weighted by molar-refractivity contribution is 14.1. The fourth-order valence-electron chi connectivity index (χ4n) is 3.51. The first-order valence-corrected chi connectivity index (χ1v) is 9.17. The maximum atomic E-state index is 14.0. The Hall–Kier alpha value is -0.360. The molecule has 3 rings (SSSR count). The predicted molar refractivity (Wildman–Crippen MR) is 93.3 cm³/mol. The summed E-state index contributed by atoms with van der Waals surface area (Å²) >= 11 is 8.11. The molecular weight excluding hydrogens is 402 g/mol. The first-order valence-electron chi connectivity index (χ1n) is 7.55. The molecule has 2 nitrogen and oxygen atoms in total. The van der Waals surface area contributed by atoms with Gasteiger partial charge in [0.1, 0.15) is 11.6 Å². The van der Waals surface area contributed by atoms with Gasteiger partial charge in [0.2, 0.25) is 0 Å². The zero-order valence-electron chi connectivity index (χ0n) is 12.1. The Morgan fingerprint density at radius 3 is 2.95 bits per heavy atom. The number of fused-ring (bicyclic) bond motifs is 1. The number of nitrogens with zero attached hydrogens (tertiary/aromatic N) is 2. The van der Waals surface area contributed by atoms with E-state index in [1.165, 1.54) is 19.3 Å². The zero-order chi connectivity index (χ0) is 15.0. The van der Waals surface area contributed by atoms with Crippen LogP contribution in [0.1, 0.15) is 50.9 Å². The van der Waals surface area contributed by atoms with Crippen LogP contribution in [0.3, 0.4) is 0 Å². The van der Waals surface area contributed by atoms with E-state index in [9.17, 15) is 4.39 Å². The molecule has 0 saturated heterocycles. The van der Waals surface area contributed by atoms with Gasteiger partial charge in [-0.05, 0) is 47.4 Å². The molecule has 21 heavy (non-hydrogen) atoms. The largest absolute Gasteiger partial charge is 0.324 e.